The summed E-state index contributed by atoms with van der Waals surface area (Å²) in [5.41, 5.74) is 5.17. The van der Waals surface area contributed by atoms with Gasteiger partial charge in [0.05, 0.1) is 31.5 Å². The molecule has 0 bridgehead atoms. The summed E-state index contributed by atoms with van der Waals surface area (Å²) in [7, 11) is 0. The number of phenolic OH excluding ortho intramolecular Hbond substituents is 1. The van der Waals surface area contributed by atoms with E-state index in [1.54, 1.807) is 66.7 Å². The third-order valence-corrected chi connectivity index (χ3v) is 15.6. The zero-order valence-electron chi connectivity index (χ0n) is 48.4. The second kappa shape index (κ2) is 29.8. The summed E-state index contributed by atoms with van der Waals surface area (Å²) in [5.74, 6) is -5.34. The summed E-state index contributed by atoms with van der Waals surface area (Å²) in [4.78, 5) is 118. The maximum absolute atomic E-state index is 14.7. The molecule has 8 amide bonds. The Labute approximate surface area is 499 Å². The lowest BCUT2D eigenvalue weighted by Crippen LogP contribution is -2.61. The molecule has 3 heterocycles. The fourth-order valence-electron chi connectivity index (χ4n) is 10.6. The highest BCUT2D eigenvalue weighted by Crippen LogP contribution is 2.28. The lowest BCUT2D eigenvalue weighted by atomic mass is 9.99. The van der Waals surface area contributed by atoms with Crippen molar-refractivity contribution < 1.29 is 68.3 Å². The van der Waals surface area contributed by atoms with Gasteiger partial charge < -0.3 is 66.3 Å². The number of phenols is 1. The van der Waals surface area contributed by atoms with E-state index in [0.29, 0.717) is 17.7 Å². The minimum absolute atomic E-state index is 0.00521. The van der Waals surface area contributed by atoms with Gasteiger partial charge in [-0.05, 0) is 116 Å². The zero-order chi connectivity index (χ0) is 61.4. The molecule has 5 aromatic rings. The summed E-state index contributed by atoms with van der Waals surface area (Å²) in [6.45, 7) is 3.72. The minimum atomic E-state index is -1.75. The Morgan fingerprint density at radius 2 is 1.26 bits per heavy atom. The number of aryl methyl sites for hydroxylation is 1. The Bertz CT molecular complexity index is 3150. The van der Waals surface area contributed by atoms with Crippen LogP contribution in [0.2, 0.25) is 0 Å². The highest BCUT2D eigenvalue weighted by Gasteiger charge is 2.47. The molecule has 0 aromatic heterocycles. The number of rotatable bonds is 16. The second-order valence-electron chi connectivity index (χ2n) is 22.0. The van der Waals surface area contributed by atoms with Crippen molar-refractivity contribution in [3.05, 3.63) is 144 Å². The quantitative estimate of drug-likeness (QED) is 0.0633. The van der Waals surface area contributed by atoms with Crippen LogP contribution >= 0.6 is 0 Å². The molecule has 456 valence electrons. The first-order valence-electron chi connectivity index (χ1n) is 29.2. The molecule has 22 nitrogen and oxygen atoms in total. The maximum Gasteiger partial charge on any atom is 0.411 e. The summed E-state index contributed by atoms with van der Waals surface area (Å²) < 4.78 is 11.4. The Morgan fingerprint density at radius 1 is 0.663 bits per heavy atom. The maximum atomic E-state index is 14.7. The topological polar surface area (TPSA) is 306 Å². The van der Waals surface area contributed by atoms with E-state index in [-0.39, 0.29) is 63.1 Å². The number of hydrogen-bond donors (Lipinski definition) is 9. The van der Waals surface area contributed by atoms with Crippen LogP contribution < -0.4 is 31.3 Å². The van der Waals surface area contributed by atoms with Crippen LogP contribution in [0.1, 0.15) is 87.2 Å². The van der Waals surface area contributed by atoms with Gasteiger partial charge in [0.1, 0.15) is 61.0 Å². The van der Waals surface area contributed by atoms with Gasteiger partial charge in [-0.1, -0.05) is 111 Å². The third-order valence-electron chi connectivity index (χ3n) is 15.6. The zero-order valence-corrected chi connectivity index (χ0v) is 48.4. The molecule has 0 aliphatic carbocycles. The Kier molecular flexibility index (Phi) is 21.9. The van der Waals surface area contributed by atoms with Crippen molar-refractivity contribution in [1.82, 2.24) is 41.3 Å². The molecule has 22 heteroatoms. The number of aromatic hydroxyl groups is 1. The van der Waals surface area contributed by atoms with E-state index < -0.39 is 115 Å². The molecule has 3 aliphatic rings. The third kappa shape index (κ3) is 16.5. The van der Waals surface area contributed by atoms with Crippen LogP contribution in [0.4, 0.5) is 4.79 Å². The fourth-order valence-corrected chi connectivity index (χ4v) is 10.6. The number of amides is 8. The second-order valence-corrected chi connectivity index (χ2v) is 22.0. The first kappa shape index (κ1) is 63.2. The molecule has 0 spiro atoms. The van der Waals surface area contributed by atoms with Crippen molar-refractivity contribution in [1.29, 1.82) is 0 Å². The minimum Gasteiger partial charge on any atom is -0.508 e. The van der Waals surface area contributed by atoms with Crippen LogP contribution in [0.15, 0.2) is 127 Å². The Morgan fingerprint density at radius 3 is 1.87 bits per heavy atom. The molecular weight excluding hydrogens is 1100 g/mol. The van der Waals surface area contributed by atoms with Crippen molar-refractivity contribution in [3.63, 3.8) is 0 Å². The lowest BCUT2D eigenvalue weighted by molar-refractivity contribution is -0.145. The first-order chi connectivity index (χ1) is 41.4. The van der Waals surface area contributed by atoms with Crippen molar-refractivity contribution >= 4 is 47.4 Å². The summed E-state index contributed by atoms with van der Waals surface area (Å²) in [6, 6.07) is 28.2. The monoisotopic (exact) mass is 1180 g/mol. The predicted molar refractivity (Wildman–Crippen MR) is 316 cm³/mol. The Balaban J connectivity index is 1.04. The van der Waals surface area contributed by atoms with Crippen molar-refractivity contribution in [2.75, 3.05) is 32.9 Å². The number of carbonyl (C=O) groups excluding carboxylic acids is 8. The van der Waals surface area contributed by atoms with Crippen LogP contribution in [0.3, 0.4) is 0 Å². The number of benzene rings is 5. The molecule has 9 atom stereocenters. The largest absolute Gasteiger partial charge is 0.508 e. The van der Waals surface area contributed by atoms with Gasteiger partial charge >= 0.3 is 6.09 Å². The van der Waals surface area contributed by atoms with Gasteiger partial charge in [0.2, 0.25) is 35.4 Å². The molecule has 0 radical (unpaired) electrons. The van der Waals surface area contributed by atoms with Gasteiger partial charge in [0.25, 0.3) is 5.91 Å². The predicted octanol–water partition coefficient (Wildman–Crippen LogP) is 3.92. The van der Waals surface area contributed by atoms with Gasteiger partial charge in [-0.15, -0.1) is 0 Å². The van der Waals surface area contributed by atoms with Crippen LogP contribution in [-0.2, 0) is 46.5 Å². The van der Waals surface area contributed by atoms with Crippen molar-refractivity contribution in [2.24, 2.45) is 0 Å². The van der Waals surface area contributed by atoms with E-state index in [1.807, 2.05) is 48.5 Å². The standard InChI is InChI=1S/C64H76N8O14/c1-4-5-9-33-85-50-29-25-46(26-30-50)44-19-17-43(18-20-44)45-21-23-47(24-22-45)57(77)66-51-13-10-32-65-60(80)54-36-70(64(84)86-37-42-11-7-6-8-12-42)38-72(54)63(83)56(40(3)74)69-59(79)52(31-16-41-14-27-48(75)28-15-41)67-61(81)53-34-49(76)35-71(53)62(82)55(39(2)73)68-58(51)78/h6-8,11-12,14-15,17-30,39-40,49,51-56,73-76H,4-5,9-10,13,16,31-38H2,1-3H3,(H,65,80)(H,66,77)(H,67,81)(H,68,78)(H,69,79)/t39?,40?,49-,51+,52?,53?,54?,55?,56?/m1/s1. The van der Waals surface area contributed by atoms with E-state index >= 15 is 0 Å². The summed E-state index contributed by atoms with van der Waals surface area (Å²) in [6.07, 6.45) is -2.57. The summed E-state index contributed by atoms with van der Waals surface area (Å²) in [5, 5.41) is 56.5. The molecule has 8 rings (SSSR count). The molecule has 3 fully saturated rings. The molecule has 3 aliphatic heterocycles. The first-order valence-corrected chi connectivity index (χ1v) is 29.2. The van der Waals surface area contributed by atoms with Crippen molar-refractivity contribution in [3.8, 4) is 33.8 Å². The number of nitrogens with one attached hydrogen (secondary N) is 5. The average molecular weight is 1180 g/mol. The van der Waals surface area contributed by atoms with E-state index in [9.17, 15) is 58.8 Å². The van der Waals surface area contributed by atoms with E-state index in [1.165, 1.54) is 26.0 Å². The van der Waals surface area contributed by atoms with Gasteiger partial charge in [0, 0.05) is 25.1 Å². The normalized spacial score (nSPS) is 22.4. The highest BCUT2D eigenvalue weighted by atomic mass is 16.6. The van der Waals surface area contributed by atoms with Gasteiger partial charge in [0.15, 0.2) is 0 Å². The summed E-state index contributed by atoms with van der Waals surface area (Å²) >= 11 is 0. The van der Waals surface area contributed by atoms with Crippen LogP contribution in [0.25, 0.3) is 22.3 Å². The van der Waals surface area contributed by atoms with E-state index in [2.05, 4.69) is 33.5 Å². The number of unbranched alkanes of at least 4 members (excludes halogenated alkanes) is 2. The average Bonchev–Trinajstić information content (AvgIpc) is 3.37. The highest BCUT2D eigenvalue weighted by molar-refractivity contribution is 6.00. The number of nitrogens with zero attached hydrogens (tertiary/aromatic N) is 3. The number of hydrogen-bond acceptors (Lipinski definition) is 14. The van der Waals surface area contributed by atoms with E-state index in [4.69, 9.17) is 9.47 Å². The van der Waals surface area contributed by atoms with Gasteiger partial charge in [-0.25, -0.2) is 4.79 Å². The van der Waals surface area contributed by atoms with Crippen LogP contribution in [0, 0.1) is 0 Å². The molecule has 3 saturated heterocycles. The van der Waals surface area contributed by atoms with Crippen LogP contribution in [0.5, 0.6) is 11.5 Å². The van der Waals surface area contributed by atoms with Crippen LogP contribution in [-0.4, -0.2) is 170 Å². The Hall–Kier alpha value is -8.86. The smallest absolute Gasteiger partial charge is 0.411 e. The van der Waals surface area contributed by atoms with Gasteiger partial charge in [-0.2, -0.15) is 0 Å². The lowest BCUT2D eigenvalue weighted by Gasteiger charge is -2.32. The molecule has 5 aromatic carbocycles. The van der Waals surface area contributed by atoms with Crippen molar-refractivity contribution in [2.45, 2.75) is 133 Å². The molecule has 9 N–H and O–H groups in total. The fraction of sp³-hybridized carbons (Fsp3) is 0.406. The number of aliphatic hydroxyl groups excluding tert-OH is 3. The SMILES string of the molecule is CCCCCOc1ccc(-c2ccc(-c3ccc(C(=O)N[C@H]4CCCNC(=O)C5CN(C(=O)OCc6ccccc6)CN5C(=O)C(C(C)O)NC(=O)C(CCc5ccc(O)cc5)NC(=O)C5C[C@@H](O)CN5C(=O)C(C(C)O)NC4=O)cc3)cc2)cc1. The molecule has 86 heavy (non-hydrogen) atoms. The van der Waals surface area contributed by atoms with Gasteiger partial charge in [-0.3, -0.25) is 38.5 Å². The number of ether oxygens (including phenoxy) is 2. The van der Waals surface area contributed by atoms with E-state index in [0.717, 1.165) is 62.0 Å². The number of aliphatic hydroxyl groups is 3. The molecular formula is C64H76N8O14. The molecule has 0 saturated carbocycles. The number of carbonyl (C=O) groups is 8. The number of fused-ring (bicyclic) bond motifs is 2. The molecule has 7 unspecified atom stereocenters.